The van der Waals surface area contributed by atoms with Crippen LogP contribution in [0.5, 0.6) is 0 Å². The molecule has 5 heteroatoms. The maximum atomic E-state index is 12.6. The van der Waals surface area contributed by atoms with Crippen LogP contribution >= 0.6 is 0 Å². The van der Waals surface area contributed by atoms with Crippen molar-refractivity contribution >= 4 is 0 Å². The SMILES string of the molecule is CN(C)C(C)(C)CNCc1ccc(-c2ccc(C(F)(F)F)cc2)cc1. The number of rotatable bonds is 6. The van der Waals surface area contributed by atoms with Gasteiger partial charge in [0.05, 0.1) is 5.56 Å². The Labute approximate surface area is 147 Å². The molecule has 2 aromatic carbocycles. The lowest BCUT2D eigenvalue weighted by atomic mass is 10.0. The van der Waals surface area contributed by atoms with E-state index in [1.165, 1.54) is 12.1 Å². The van der Waals surface area contributed by atoms with E-state index in [9.17, 15) is 13.2 Å². The summed E-state index contributed by atoms with van der Waals surface area (Å²) in [7, 11) is 4.11. The smallest absolute Gasteiger partial charge is 0.311 e. The molecule has 0 aliphatic carbocycles. The minimum atomic E-state index is -4.30. The van der Waals surface area contributed by atoms with Crippen LogP contribution < -0.4 is 5.32 Å². The molecule has 0 radical (unpaired) electrons. The molecule has 0 amide bonds. The average Bonchev–Trinajstić information content (AvgIpc) is 2.54. The molecule has 2 rings (SSSR count). The van der Waals surface area contributed by atoms with Gasteiger partial charge in [-0.2, -0.15) is 13.2 Å². The highest BCUT2D eigenvalue weighted by molar-refractivity contribution is 5.64. The van der Waals surface area contributed by atoms with Crippen LogP contribution in [0.4, 0.5) is 13.2 Å². The van der Waals surface area contributed by atoms with Crippen molar-refractivity contribution in [1.29, 1.82) is 0 Å². The molecule has 25 heavy (non-hydrogen) atoms. The molecule has 0 fully saturated rings. The van der Waals surface area contributed by atoms with Crippen molar-refractivity contribution in [2.24, 2.45) is 0 Å². The molecule has 0 unspecified atom stereocenters. The van der Waals surface area contributed by atoms with Gasteiger partial charge < -0.3 is 10.2 Å². The predicted molar refractivity (Wildman–Crippen MR) is 96.4 cm³/mol. The van der Waals surface area contributed by atoms with Crippen molar-refractivity contribution in [2.75, 3.05) is 20.6 Å². The fourth-order valence-electron chi connectivity index (χ4n) is 2.34. The largest absolute Gasteiger partial charge is 0.416 e. The maximum Gasteiger partial charge on any atom is 0.416 e. The van der Waals surface area contributed by atoms with Gasteiger partial charge in [0.1, 0.15) is 0 Å². The predicted octanol–water partition coefficient (Wildman–Crippen LogP) is 4.80. The van der Waals surface area contributed by atoms with Gasteiger partial charge in [0, 0.05) is 18.6 Å². The molecule has 0 aliphatic rings. The first-order chi connectivity index (χ1) is 11.6. The van der Waals surface area contributed by atoms with Gasteiger partial charge in [0.2, 0.25) is 0 Å². The van der Waals surface area contributed by atoms with Crippen molar-refractivity contribution in [3.63, 3.8) is 0 Å². The van der Waals surface area contributed by atoms with Crippen LogP contribution in [0.25, 0.3) is 11.1 Å². The summed E-state index contributed by atoms with van der Waals surface area (Å²) in [6, 6.07) is 13.1. The maximum absolute atomic E-state index is 12.6. The minimum Gasteiger partial charge on any atom is -0.311 e. The zero-order valence-electron chi connectivity index (χ0n) is 15.1. The molecule has 1 N–H and O–H groups in total. The Morgan fingerprint density at radius 1 is 0.840 bits per heavy atom. The molecule has 0 spiro atoms. The number of nitrogens with zero attached hydrogens (tertiary/aromatic N) is 1. The molecule has 2 aromatic rings. The van der Waals surface area contributed by atoms with Crippen molar-refractivity contribution in [3.8, 4) is 11.1 Å². The standard InChI is InChI=1S/C20H25F3N2/c1-19(2,25(3)4)14-24-13-15-5-7-16(8-6-15)17-9-11-18(12-10-17)20(21,22)23/h5-12,24H,13-14H2,1-4H3. The number of likely N-dealkylation sites (N-methyl/N-ethyl adjacent to an activating group) is 1. The van der Waals surface area contributed by atoms with E-state index in [2.05, 4.69) is 38.2 Å². The second-order valence-corrected chi connectivity index (χ2v) is 7.08. The molecule has 136 valence electrons. The Bertz CT molecular complexity index is 672. The number of hydrogen-bond acceptors (Lipinski definition) is 2. The van der Waals surface area contributed by atoms with Crippen molar-refractivity contribution in [2.45, 2.75) is 32.1 Å². The minimum absolute atomic E-state index is 0.0696. The molecule has 0 heterocycles. The van der Waals surface area contributed by atoms with Crippen LogP contribution in [0.2, 0.25) is 0 Å². The third-order valence-corrected chi connectivity index (χ3v) is 4.60. The van der Waals surface area contributed by atoms with Gasteiger partial charge in [-0.15, -0.1) is 0 Å². The highest BCUT2D eigenvalue weighted by Gasteiger charge is 2.29. The second kappa shape index (κ2) is 7.58. The number of benzene rings is 2. The van der Waals surface area contributed by atoms with Crippen molar-refractivity contribution < 1.29 is 13.2 Å². The normalized spacial score (nSPS) is 12.6. The van der Waals surface area contributed by atoms with Crippen molar-refractivity contribution in [3.05, 3.63) is 59.7 Å². The summed E-state index contributed by atoms with van der Waals surface area (Å²) < 4.78 is 37.9. The van der Waals surface area contributed by atoms with E-state index in [-0.39, 0.29) is 5.54 Å². The van der Waals surface area contributed by atoms with E-state index in [0.717, 1.165) is 41.9 Å². The average molecular weight is 350 g/mol. The number of hydrogen-bond donors (Lipinski definition) is 1. The quantitative estimate of drug-likeness (QED) is 0.805. The molecule has 0 saturated heterocycles. The summed E-state index contributed by atoms with van der Waals surface area (Å²) in [6.07, 6.45) is -4.30. The van der Waals surface area contributed by atoms with E-state index >= 15 is 0 Å². The topological polar surface area (TPSA) is 15.3 Å². The van der Waals surface area contributed by atoms with E-state index in [0.29, 0.717) is 0 Å². The Balaban J connectivity index is 1.98. The molecule has 2 nitrogen and oxygen atoms in total. The van der Waals surface area contributed by atoms with E-state index < -0.39 is 11.7 Å². The fraction of sp³-hybridized carbons (Fsp3) is 0.400. The molecular formula is C20H25F3N2. The number of nitrogens with one attached hydrogen (secondary N) is 1. The molecule has 0 bridgehead atoms. The highest BCUT2D eigenvalue weighted by atomic mass is 19.4. The molecule has 0 atom stereocenters. The van der Waals surface area contributed by atoms with Crippen LogP contribution in [0, 0.1) is 0 Å². The molecule has 0 saturated carbocycles. The molecule has 0 aromatic heterocycles. The van der Waals surface area contributed by atoms with Gasteiger partial charge in [0.15, 0.2) is 0 Å². The van der Waals surface area contributed by atoms with Gasteiger partial charge in [0.25, 0.3) is 0 Å². The molecular weight excluding hydrogens is 325 g/mol. The summed E-state index contributed by atoms with van der Waals surface area (Å²) in [6.45, 7) is 5.96. The summed E-state index contributed by atoms with van der Waals surface area (Å²) in [4.78, 5) is 2.17. The zero-order chi connectivity index (χ0) is 18.7. The Morgan fingerprint density at radius 3 is 1.76 bits per heavy atom. The van der Waals surface area contributed by atoms with Crippen molar-refractivity contribution in [1.82, 2.24) is 10.2 Å². The van der Waals surface area contributed by atoms with Crippen LogP contribution in [-0.4, -0.2) is 31.1 Å². The Morgan fingerprint density at radius 2 is 1.32 bits per heavy atom. The van der Waals surface area contributed by atoms with Gasteiger partial charge in [-0.1, -0.05) is 36.4 Å². The van der Waals surface area contributed by atoms with Crippen LogP contribution in [0.1, 0.15) is 25.0 Å². The first-order valence-corrected chi connectivity index (χ1v) is 8.24. The monoisotopic (exact) mass is 350 g/mol. The second-order valence-electron chi connectivity index (χ2n) is 7.08. The lowest BCUT2D eigenvalue weighted by molar-refractivity contribution is -0.137. The third-order valence-electron chi connectivity index (χ3n) is 4.60. The first kappa shape index (κ1) is 19.5. The Kier molecular flexibility index (Phi) is 5.91. The van der Waals surface area contributed by atoms with Gasteiger partial charge in [-0.25, -0.2) is 0 Å². The number of alkyl halides is 3. The van der Waals surface area contributed by atoms with Crippen LogP contribution in [0.3, 0.4) is 0 Å². The third kappa shape index (κ3) is 5.31. The summed E-state index contributed by atoms with van der Waals surface area (Å²) in [5, 5.41) is 3.44. The van der Waals surface area contributed by atoms with Gasteiger partial charge >= 0.3 is 6.18 Å². The zero-order valence-corrected chi connectivity index (χ0v) is 15.1. The highest BCUT2D eigenvalue weighted by Crippen LogP contribution is 2.31. The lowest BCUT2D eigenvalue weighted by Crippen LogP contribution is -2.46. The van der Waals surface area contributed by atoms with Gasteiger partial charge in [-0.3, -0.25) is 0 Å². The lowest BCUT2D eigenvalue weighted by Gasteiger charge is -2.32. The van der Waals surface area contributed by atoms with Gasteiger partial charge in [-0.05, 0) is 56.8 Å². The van der Waals surface area contributed by atoms with E-state index in [4.69, 9.17) is 0 Å². The van der Waals surface area contributed by atoms with E-state index in [1.807, 2.05) is 24.3 Å². The summed E-state index contributed by atoms with van der Waals surface area (Å²) >= 11 is 0. The van der Waals surface area contributed by atoms with Crippen LogP contribution in [-0.2, 0) is 12.7 Å². The number of halogens is 3. The Hall–Kier alpha value is -1.85. The molecule has 0 aliphatic heterocycles. The fourth-order valence-corrected chi connectivity index (χ4v) is 2.34. The van der Waals surface area contributed by atoms with Crippen LogP contribution in [0.15, 0.2) is 48.5 Å². The summed E-state index contributed by atoms with van der Waals surface area (Å²) in [5.41, 5.74) is 2.28. The van der Waals surface area contributed by atoms with E-state index in [1.54, 1.807) is 0 Å². The first-order valence-electron chi connectivity index (χ1n) is 8.24. The summed E-state index contributed by atoms with van der Waals surface area (Å²) in [5.74, 6) is 0.